The zero-order valence-corrected chi connectivity index (χ0v) is 20.6. The van der Waals surface area contributed by atoms with E-state index in [0.29, 0.717) is 32.4 Å². The predicted molar refractivity (Wildman–Crippen MR) is 136 cm³/mol. The van der Waals surface area contributed by atoms with E-state index in [0.717, 1.165) is 11.1 Å². The number of nitrogens with two attached hydrogens (primary N) is 1. The molecule has 0 aliphatic carbocycles. The van der Waals surface area contributed by atoms with E-state index in [1.54, 1.807) is 0 Å². The minimum absolute atomic E-state index is 0.226. The third-order valence-electron chi connectivity index (χ3n) is 6.04. The van der Waals surface area contributed by atoms with E-state index < -0.39 is 42.1 Å². The van der Waals surface area contributed by atoms with Gasteiger partial charge in [-0.2, -0.15) is 0 Å². The smallest absolute Gasteiger partial charge is 0.326 e. The number of benzene rings is 2. The molecule has 1 aliphatic heterocycles. The Balaban J connectivity index is 1.55. The van der Waals surface area contributed by atoms with Gasteiger partial charge in [0, 0.05) is 13.0 Å². The number of carboxylic acid groups (broad SMARTS) is 1. The number of aliphatic carboxylic acids is 1. The van der Waals surface area contributed by atoms with Crippen LogP contribution in [0.5, 0.6) is 0 Å². The van der Waals surface area contributed by atoms with Gasteiger partial charge in [-0.3, -0.25) is 14.4 Å². The highest BCUT2D eigenvalue weighted by molar-refractivity contribution is 5.98. The fourth-order valence-electron chi connectivity index (χ4n) is 3.93. The zero-order valence-electron chi connectivity index (χ0n) is 20.6. The molecule has 1 saturated heterocycles. The molecular weight excluding hydrogens is 476 g/mol. The number of ether oxygens (including phenoxy) is 1. The van der Waals surface area contributed by atoms with Crippen LogP contribution < -0.4 is 21.7 Å². The fourth-order valence-corrected chi connectivity index (χ4v) is 3.93. The van der Waals surface area contributed by atoms with Gasteiger partial charge in [-0.25, -0.2) is 4.79 Å². The lowest BCUT2D eigenvalue weighted by atomic mass is 10.0. The standard InChI is InChI=1S/C27H34N4O6/c28-15-8-7-13-20(27(35)36)30-25(33)22-23(37-22)26(34)31-21(17-19-11-5-2-6-12-19)24(32)29-16-14-18-9-3-1-4-10-18/h1-6,9-12,20-23H,7-8,13-17,28H2,(H,29,32)(H,30,33)(H,31,34)(H,35,36)/t20-,21-,22?,23?/m0/s1. The number of carboxylic acids is 1. The van der Waals surface area contributed by atoms with Crippen molar-refractivity contribution in [2.45, 2.75) is 56.4 Å². The summed E-state index contributed by atoms with van der Waals surface area (Å²) in [5, 5.41) is 17.3. The average Bonchev–Trinajstić information content (AvgIpc) is 3.70. The van der Waals surface area contributed by atoms with E-state index in [1.165, 1.54) is 0 Å². The number of hydrogen-bond acceptors (Lipinski definition) is 6. The molecule has 3 rings (SSSR count). The minimum atomic E-state index is -1.16. The van der Waals surface area contributed by atoms with Crippen molar-refractivity contribution >= 4 is 23.7 Å². The van der Waals surface area contributed by atoms with Gasteiger partial charge < -0.3 is 31.5 Å². The van der Waals surface area contributed by atoms with Crippen LogP contribution in [-0.4, -0.2) is 66.2 Å². The maximum absolute atomic E-state index is 13.0. The van der Waals surface area contributed by atoms with E-state index >= 15 is 0 Å². The van der Waals surface area contributed by atoms with E-state index in [4.69, 9.17) is 10.5 Å². The summed E-state index contributed by atoms with van der Waals surface area (Å²) in [6.45, 7) is 0.827. The summed E-state index contributed by atoms with van der Waals surface area (Å²) >= 11 is 0. The Kier molecular flexibility index (Phi) is 10.6. The van der Waals surface area contributed by atoms with Crippen molar-refractivity contribution in [2.24, 2.45) is 5.73 Å². The van der Waals surface area contributed by atoms with Gasteiger partial charge in [-0.15, -0.1) is 0 Å². The molecule has 10 heteroatoms. The molecule has 2 unspecified atom stereocenters. The number of nitrogens with one attached hydrogen (secondary N) is 3. The number of rotatable bonds is 15. The lowest BCUT2D eigenvalue weighted by molar-refractivity contribution is -0.142. The predicted octanol–water partition coefficient (Wildman–Crippen LogP) is 0.539. The molecule has 10 nitrogen and oxygen atoms in total. The van der Waals surface area contributed by atoms with Crippen LogP contribution in [0.2, 0.25) is 0 Å². The van der Waals surface area contributed by atoms with E-state index in [1.807, 2.05) is 60.7 Å². The van der Waals surface area contributed by atoms with Crippen LogP contribution >= 0.6 is 0 Å². The van der Waals surface area contributed by atoms with Crippen molar-refractivity contribution in [3.63, 3.8) is 0 Å². The largest absolute Gasteiger partial charge is 0.480 e. The molecule has 1 fully saturated rings. The summed E-state index contributed by atoms with van der Waals surface area (Å²) in [4.78, 5) is 49.7. The summed E-state index contributed by atoms with van der Waals surface area (Å²) in [7, 11) is 0. The maximum Gasteiger partial charge on any atom is 0.326 e. The second kappa shape index (κ2) is 14.1. The first kappa shape index (κ1) is 27.8. The molecule has 0 saturated carbocycles. The Morgan fingerprint density at radius 1 is 0.838 bits per heavy atom. The van der Waals surface area contributed by atoms with E-state index in [2.05, 4.69) is 16.0 Å². The summed E-state index contributed by atoms with van der Waals surface area (Å²) in [6, 6.07) is 17.0. The maximum atomic E-state index is 13.0. The summed E-state index contributed by atoms with van der Waals surface area (Å²) in [5.41, 5.74) is 7.38. The first-order valence-electron chi connectivity index (χ1n) is 12.4. The van der Waals surface area contributed by atoms with Gasteiger partial charge in [0.25, 0.3) is 11.8 Å². The molecule has 0 spiro atoms. The van der Waals surface area contributed by atoms with Crippen molar-refractivity contribution in [1.82, 2.24) is 16.0 Å². The van der Waals surface area contributed by atoms with Gasteiger partial charge in [0.05, 0.1) is 0 Å². The normalized spacial score (nSPS) is 17.8. The van der Waals surface area contributed by atoms with Gasteiger partial charge in [0.15, 0.2) is 12.2 Å². The average molecular weight is 511 g/mol. The summed E-state index contributed by atoms with van der Waals surface area (Å²) < 4.78 is 5.25. The molecule has 2 aromatic carbocycles. The molecule has 1 heterocycles. The molecule has 4 atom stereocenters. The highest BCUT2D eigenvalue weighted by Gasteiger charge is 2.51. The molecule has 3 amide bonds. The van der Waals surface area contributed by atoms with Crippen molar-refractivity contribution in [3.8, 4) is 0 Å². The lowest BCUT2D eigenvalue weighted by Crippen LogP contribution is -2.50. The Morgan fingerprint density at radius 3 is 1.97 bits per heavy atom. The molecule has 6 N–H and O–H groups in total. The molecule has 0 bridgehead atoms. The second-order valence-electron chi connectivity index (χ2n) is 8.94. The zero-order chi connectivity index (χ0) is 26.6. The highest BCUT2D eigenvalue weighted by atomic mass is 16.6. The van der Waals surface area contributed by atoms with Gasteiger partial charge in [-0.05, 0) is 43.4 Å². The van der Waals surface area contributed by atoms with Gasteiger partial charge in [-0.1, -0.05) is 60.7 Å². The SMILES string of the molecule is NCCCC[C@H](NC(=O)C1OC1C(=O)N[C@@H](Cc1ccccc1)C(=O)NCCc1ccccc1)C(=O)O. The number of epoxide rings is 1. The Morgan fingerprint density at radius 2 is 1.41 bits per heavy atom. The molecular formula is C27H34N4O6. The van der Waals surface area contributed by atoms with Crippen LogP contribution in [0.4, 0.5) is 0 Å². The van der Waals surface area contributed by atoms with E-state index in [-0.39, 0.29) is 18.7 Å². The van der Waals surface area contributed by atoms with Crippen LogP contribution in [0, 0.1) is 0 Å². The van der Waals surface area contributed by atoms with Crippen molar-refractivity contribution in [3.05, 3.63) is 71.8 Å². The number of carbonyl (C=O) groups excluding carboxylic acids is 3. The van der Waals surface area contributed by atoms with E-state index in [9.17, 15) is 24.3 Å². The third-order valence-corrected chi connectivity index (χ3v) is 6.04. The number of hydrogen-bond donors (Lipinski definition) is 5. The van der Waals surface area contributed by atoms with Crippen LogP contribution in [0.1, 0.15) is 30.4 Å². The van der Waals surface area contributed by atoms with Crippen LogP contribution in [0.15, 0.2) is 60.7 Å². The fraction of sp³-hybridized carbons (Fsp3) is 0.407. The second-order valence-corrected chi connectivity index (χ2v) is 8.94. The summed E-state index contributed by atoms with van der Waals surface area (Å²) in [6.07, 6.45) is 0.121. The molecule has 198 valence electrons. The Hall–Kier alpha value is -3.76. The first-order valence-corrected chi connectivity index (χ1v) is 12.4. The molecule has 0 aromatic heterocycles. The number of unbranched alkanes of at least 4 members (excludes halogenated alkanes) is 1. The lowest BCUT2D eigenvalue weighted by Gasteiger charge is -2.18. The number of amides is 3. The van der Waals surface area contributed by atoms with Gasteiger partial charge >= 0.3 is 5.97 Å². The highest BCUT2D eigenvalue weighted by Crippen LogP contribution is 2.23. The minimum Gasteiger partial charge on any atom is -0.480 e. The van der Waals surface area contributed by atoms with Crippen molar-refractivity contribution in [1.29, 1.82) is 0 Å². The van der Waals surface area contributed by atoms with Gasteiger partial charge in [0.1, 0.15) is 12.1 Å². The quantitative estimate of drug-likeness (QED) is 0.172. The molecule has 37 heavy (non-hydrogen) atoms. The van der Waals surface area contributed by atoms with Crippen molar-refractivity contribution < 1.29 is 29.0 Å². The Labute approximate surface area is 216 Å². The molecule has 1 aliphatic rings. The molecule has 0 radical (unpaired) electrons. The van der Waals surface area contributed by atoms with Crippen LogP contribution in [0.25, 0.3) is 0 Å². The topological polar surface area (TPSA) is 163 Å². The summed E-state index contributed by atoms with van der Waals surface area (Å²) in [5.74, 6) is -2.79. The monoisotopic (exact) mass is 510 g/mol. The Bertz CT molecular complexity index is 1050. The van der Waals surface area contributed by atoms with Crippen LogP contribution in [0.3, 0.4) is 0 Å². The molecule has 2 aromatic rings. The third kappa shape index (κ3) is 9.00. The van der Waals surface area contributed by atoms with Crippen LogP contribution in [-0.2, 0) is 36.8 Å². The van der Waals surface area contributed by atoms with Gasteiger partial charge in [0.2, 0.25) is 5.91 Å². The van der Waals surface area contributed by atoms with Crippen molar-refractivity contribution in [2.75, 3.05) is 13.1 Å². The number of carbonyl (C=O) groups is 4. The first-order chi connectivity index (χ1) is 17.9.